The van der Waals surface area contributed by atoms with Crippen LogP contribution in [0, 0.1) is 13.8 Å². The lowest BCUT2D eigenvalue weighted by Crippen LogP contribution is -2.04. The molecule has 0 saturated heterocycles. The van der Waals surface area contributed by atoms with Crippen molar-refractivity contribution in [3.63, 3.8) is 0 Å². The average Bonchev–Trinajstić information content (AvgIpc) is 2.29. The zero-order valence-corrected chi connectivity index (χ0v) is 10.7. The third kappa shape index (κ3) is 2.90. The number of rotatable bonds is 5. The van der Waals surface area contributed by atoms with Crippen molar-refractivity contribution in [2.75, 3.05) is 14.2 Å². The van der Waals surface area contributed by atoms with E-state index < -0.39 is 5.97 Å². The summed E-state index contributed by atoms with van der Waals surface area (Å²) < 4.78 is 10.6. The minimum atomic E-state index is -0.813. The van der Waals surface area contributed by atoms with E-state index in [0.29, 0.717) is 6.42 Å². The van der Waals surface area contributed by atoms with E-state index in [1.807, 2.05) is 19.9 Å². The van der Waals surface area contributed by atoms with Crippen molar-refractivity contribution >= 4 is 5.97 Å². The van der Waals surface area contributed by atoms with Gasteiger partial charge in [-0.15, -0.1) is 0 Å². The lowest BCUT2D eigenvalue weighted by Gasteiger charge is -2.16. The Balaban J connectivity index is 3.22. The number of methoxy groups -OCH3 is 2. The molecule has 0 saturated carbocycles. The van der Waals surface area contributed by atoms with Gasteiger partial charge in [0.1, 0.15) is 11.5 Å². The molecule has 0 bridgehead atoms. The predicted octanol–water partition coefficient (Wildman–Crippen LogP) is 2.34. The smallest absolute Gasteiger partial charge is 0.303 e. The molecule has 4 heteroatoms. The van der Waals surface area contributed by atoms with Crippen LogP contribution in [0.1, 0.15) is 23.1 Å². The van der Waals surface area contributed by atoms with E-state index >= 15 is 0 Å². The van der Waals surface area contributed by atoms with Crippen molar-refractivity contribution < 1.29 is 19.4 Å². The first kappa shape index (κ1) is 13.4. The predicted molar refractivity (Wildman–Crippen MR) is 65.0 cm³/mol. The molecule has 0 spiro atoms. The number of carboxylic acid groups (broad SMARTS) is 1. The van der Waals surface area contributed by atoms with Crippen LogP contribution in [0.4, 0.5) is 0 Å². The summed E-state index contributed by atoms with van der Waals surface area (Å²) in [5.74, 6) is 0.708. The molecule has 1 rings (SSSR count). The summed E-state index contributed by atoms with van der Waals surface area (Å²) in [4.78, 5) is 10.7. The van der Waals surface area contributed by atoms with Gasteiger partial charge in [0, 0.05) is 12.0 Å². The van der Waals surface area contributed by atoms with Gasteiger partial charge in [0.05, 0.1) is 14.2 Å². The quantitative estimate of drug-likeness (QED) is 0.855. The molecule has 0 aromatic heterocycles. The standard InChI is InChI=1S/C13H18O4/c1-8-7-11(16-3)9(2)10(13(8)17-4)5-6-12(14)15/h7H,5-6H2,1-4H3,(H,14,15). The number of carbonyl (C=O) groups is 1. The molecule has 0 amide bonds. The minimum absolute atomic E-state index is 0.0871. The summed E-state index contributed by atoms with van der Waals surface area (Å²) in [6.45, 7) is 3.84. The largest absolute Gasteiger partial charge is 0.496 e. The van der Waals surface area contributed by atoms with Gasteiger partial charge < -0.3 is 14.6 Å². The van der Waals surface area contributed by atoms with E-state index in [9.17, 15) is 4.79 Å². The highest BCUT2D eigenvalue weighted by molar-refractivity contribution is 5.67. The maximum atomic E-state index is 10.7. The Morgan fingerprint density at radius 2 is 1.94 bits per heavy atom. The second-order valence-corrected chi connectivity index (χ2v) is 3.93. The van der Waals surface area contributed by atoms with Crippen molar-refractivity contribution in [3.8, 4) is 11.5 Å². The Bertz CT molecular complexity index is 424. The topological polar surface area (TPSA) is 55.8 Å². The first-order valence-corrected chi connectivity index (χ1v) is 5.44. The van der Waals surface area contributed by atoms with Crippen LogP contribution in [0.25, 0.3) is 0 Å². The van der Waals surface area contributed by atoms with Gasteiger partial charge in [-0.2, -0.15) is 0 Å². The van der Waals surface area contributed by atoms with Gasteiger partial charge in [-0.25, -0.2) is 0 Å². The van der Waals surface area contributed by atoms with Crippen LogP contribution in [0.2, 0.25) is 0 Å². The molecule has 17 heavy (non-hydrogen) atoms. The Hall–Kier alpha value is -1.71. The zero-order valence-electron chi connectivity index (χ0n) is 10.7. The van der Waals surface area contributed by atoms with E-state index in [0.717, 1.165) is 28.2 Å². The Labute approximate surface area is 101 Å². The molecule has 0 fully saturated rings. The molecule has 0 radical (unpaired) electrons. The van der Waals surface area contributed by atoms with E-state index in [2.05, 4.69) is 0 Å². The molecule has 1 N–H and O–H groups in total. The van der Waals surface area contributed by atoms with Gasteiger partial charge in [0.25, 0.3) is 0 Å². The number of hydrogen-bond acceptors (Lipinski definition) is 3. The van der Waals surface area contributed by atoms with Gasteiger partial charge in [0.2, 0.25) is 0 Å². The molecule has 0 aliphatic heterocycles. The van der Waals surface area contributed by atoms with Crippen LogP contribution in [0.15, 0.2) is 6.07 Å². The Morgan fingerprint density at radius 3 is 2.41 bits per heavy atom. The molecule has 0 unspecified atom stereocenters. The molecule has 0 aliphatic carbocycles. The lowest BCUT2D eigenvalue weighted by atomic mass is 9.98. The maximum Gasteiger partial charge on any atom is 0.303 e. The number of benzene rings is 1. The van der Waals surface area contributed by atoms with E-state index in [1.54, 1.807) is 14.2 Å². The summed E-state index contributed by atoms with van der Waals surface area (Å²) in [6, 6.07) is 1.90. The van der Waals surface area contributed by atoms with Crippen molar-refractivity contribution in [2.45, 2.75) is 26.7 Å². The summed E-state index contributed by atoms with van der Waals surface area (Å²) in [5, 5.41) is 8.75. The lowest BCUT2D eigenvalue weighted by molar-refractivity contribution is -0.136. The second kappa shape index (κ2) is 5.57. The first-order chi connectivity index (χ1) is 8.01. The zero-order chi connectivity index (χ0) is 13.0. The van der Waals surface area contributed by atoms with Crippen molar-refractivity contribution in [3.05, 3.63) is 22.8 Å². The van der Waals surface area contributed by atoms with Crippen molar-refractivity contribution in [1.82, 2.24) is 0 Å². The molecule has 94 valence electrons. The number of aryl methyl sites for hydroxylation is 1. The fraction of sp³-hybridized carbons (Fsp3) is 0.462. The van der Waals surface area contributed by atoms with Crippen molar-refractivity contribution in [2.24, 2.45) is 0 Å². The molecule has 4 nitrogen and oxygen atoms in total. The highest BCUT2D eigenvalue weighted by Crippen LogP contribution is 2.34. The van der Waals surface area contributed by atoms with Crippen LogP contribution < -0.4 is 9.47 Å². The highest BCUT2D eigenvalue weighted by atomic mass is 16.5. The van der Waals surface area contributed by atoms with E-state index in [4.69, 9.17) is 14.6 Å². The van der Waals surface area contributed by atoms with Gasteiger partial charge in [-0.1, -0.05) is 0 Å². The van der Waals surface area contributed by atoms with Gasteiger partial charge in [-0.05, 0) is 37.5 Å². The van der Waals surface area contributed by atoms with E-state index in [1.165, 1.54) is 0 Å². The van der Waals surface area contributed by atoms with Crippen LogP contribution in [-0.4, -0.2) is 25.3 Å². The van der Waals surface area contributed by atoms with E-state index in [-0.39, 0.29) is 6.42 Å². The summed E-state index contributed by atoms with van der Waals surface area (Å²) in [6.07, 6.45) is 0.534. The van der Waals surface area contributed by atoms with Crippen LogP contribution in [0.5, 0.6) is 11.5 Å². The molecular formula is C13H18O4. The number of ether oxygens (including phenoxy) is 2. The molecule has 0 atom stereocenters. The van der Waals surface area contributed by atoms with Crippen molar-refractivity contribution in [1.29, 1.82) is 0 Å². The fourth-order valence-electron chi connectivity index (χ4n) is 1.96. The fourth-order valence-corrected chi connectivity index (χ4v) is 1.96. The summed E-state index contributed by atoms with van der Waals surface area (Å²) in [7, 11) is 3.20. The normalized spacial score (nSPS) is 10.1. The summed E-state index contributed by atoms with van der Waals surface area (Å²) in [5.41, 5.74) is 2.80. The molecular weight excluding hydrogens is 220 g/mol. The highest BCUT2D eigenvalue weighted by Gasteiger charge is 2.15. The minimum Gasteiger partial charge on any atom is -0.496 e. The number of carboxylic acids is 1. The Morgan fingerprint density at radius 1 is 1.29 bits per heavy atom. The van der Waals surface area contributed by atoms with Crippen LogP contribution >= 0.6 is 0 Å². The van der Waals surface area contributed by atoms with Gasteiger partial charge in [0.15, 0.2) is 0 Å². The summed E-state index contributed by atoms with van der Waals surface area (Å²) >= 11 is 0. The second-order valence-electron chi connectivity index (χ2n) is 3.93. The first-order valence-electron chi connectivity index (χ1n) is 5.44. The van der Waals surface area contributed by atoms with Gasteiger partial charge in [-0.3, -0.25) is 4.79 Å². The molecule has 1 aromatic rings. The monoisotopic (exact) mass is 238 g/mol. The third-order valence-electron chi connectivity index (χ3n) is 2.82. The molecule has 1 aromatic carbocycles. The number of aliphatic carboxylic acids is 1. The molecule has 0 heterocycles. The Kier molecular flexibility index (Phi) is 4.37. The maximum absolute atomic E-state index is 10.7. The van der Waals surface area contributed by atoms with Crippen LogP contribution in [-0.2, 0) is 11.2 Å². The third-order valence-corrected chi connectivity index (χ3v) is 2.82. The average molecular weight is 238 g/mol. The molecule has 0 aliphatic rings. The SMILES string of the molecule is COc1cc(C)c(OC)c(CCC(=O)O)c1C. The van der Waals surface area contributed by atoms with Gasteiger partial charge >= 0.3 is 5.97 Å². The number of hydrogen-bond donors (Lipinski definition) is 1. The van der Waals surface area contributed by atoms with Crippen LogP contribution in [0.3, 0.4) is 0 Å².